The monoisotopic (exact) mass is 596 g/mol. The van der Waals surface area contributed by atoms with Gasteiger partial charge in [-0.1, -0.05) is 59.7 Å². The van der Waals surface area contributed by atoms with Crippen LogP contribution in [0.1, 0.15) is 25.3 Å². The van der Waals surface area contributed by atoms with Gasteiger partial charge < -0.3 is 5.32 Å². The van der Waals surface area contributed by atoms with Gasteiger partial charge in [0, 0.05) is 25.8 Å². The first-order valence-corrected chi connectivity index (χ1v) is 12.3. The van der Waals surface area contributed by atoms with Gasteiger partial charge in [0.05, 0.1) is 5.75 Å². The summed E-state index contributed by atoms with van der Waals surface area (Å²) in [7, 11) is 0. The molecule has 0 aliphatic heterocycles. The molecule has 1 aromatic heterocycles. The molecule has 3 rings (SSSR count). The molecular formula is C22H22BrIN4OS. The molecule has 3 aromatic rings. The maximum absolute atomic E-state index is 12.6. The summed E-state index contributed by atoms with van der Waals surface area (Å²) in [6, 6.07) is 14.0. The third-order valence-electron chi connectivity index (χ3n) is 4.37. The molecule has 30 heavy (non-hydrogen) atoms. The number of thioether (sulfide) groups is 1. The standard InChI is InChI=1S/C22H22BrIN4OS/c1-4-11-28-21(15-5-7-16(23)8-6-15)26-27-22(28)30-13-20(29)25-19-10-9-17(24)12-18(19)14(2)3/h4-10,12,14H,1,11,13H2,2-3H3,(H,25,29). The van der Waals surface area contributed by atoms with Crippen molar-refractivity contribution in [1.29, 1.82) is 0 Å². The van der Waals surface area contributed by atoms with Crippen LogP contribution in [0, 0.1) is 3.57 Å². The first-order valence-electron chi connectivity index (χ1n) is 9.41. The maximum atomic E-state index is 12.6. The number of hydrogen-bond acceptors (Lipinski definition) is 4. The van der Waals surface area contributed by atoms with Crippen LogP contribution >= 0.6 is 50.3 Å². The molecule has 2 aromatic carbocycles. The van der Waals surface area contributed by atoms with Crippen LogP contribution < -0.4 is 5.32 Å². The molecule has 0 bridgehead atoms. The molecular weight excluding hydrogens is 575 g/mol. The van der Waals surface area contributed by atoms with Crippen LogP contribution in [-0.2, 0) is 11.3 Å². The Bertz CT molecular complexity index is 1050. The molecule has 0 radical (unpaired) electrons. The molecule has 0 atom stereocenters. The van der Waals surface area contributed by atoms with Gasteiger partial charge in [-0.3, -0.25) is 9.36 Å². The van der Waals surface area contributed by atoms with Crippen LogP contribution in [0.4, 0.5) is 5.69 Å². The predicted molar refractivity (Wildman–Crippen MR) is 136 cm³/mol. The van der Waals surface area contributed by atoms with Crippen molar-refractivity contribution in [3.63, 3.8) is 0 Å². The second-order valence-corrected chi connectivity index (χ2v) is 10.0. The second-order valence-electron chi connectivity index (χ2n) is 6.94. The Morgan fingerprint density at radius 1 is 1.27 bits per heavy atom. The normalized spacial score (nSPS) is 11.0. The topological polar surface area (TPSA) is 59.8 Å². The molecule has 0 fully saturated rings. The summed E-state index contributed by atoms with van der Waals surface area (Å²) in [6.45, 7) is 8.65. The molecule has 0 aliphatic rings. The van der Waals surface area contributed by atoms with Crippen molar-refractivity contribution in [1.82, 2.24) is 14.8 Å². The lowest BCUT2D eigenvalue weighted by Gasteiger charge is -2.14. The van der Waals surface area contributed by atoms with E-state index >= 15 is 0 Å². The third kappa shape index (κ3) is 5.73. The average molecular weight is 597 g/mol. The van der Waals surface area contributed by atoms with Crippen LogP contribution in [0.5, 0.6) is 0 Å². The zero-order valence-corrected chi connectivity index (χ0v) is 21.3. The summed E-state index contributed by atoms with van der Waals surface area (Å²) in [5.74, 6) is 1.26. The van der Waals surface area contributed by atoms with E-state index < -0.39 is 0 Å². The van der Waals surface area contributed by atoms with E-state index in [1.165, 1.54) is 11.8 Å². The zero-order chi connectivity index (χ0) is 21.7. The maximum Gasteiger partial charge on any atom is 0.234 e. The zero-order valence-electron chi connectivity index (χ0n) is 16.7. The fourth-order valence-corrected chi connectivity index (χ4v) is 4.47. The van der Waals surface area contributed by atoms with Gasteiger partial charge in [0.1, 0.15) is 0 Å². The van der Waals surface area contributed by atoms with Crippen molar-refractivity contribution in [2.24, 2.45) is 0 Å². The summed E-state index contributed by atoms with van der Waals surface area (Å²) in [4.78, 5) is 12.6. The molecule has 0 saturated heterocycles. The fourth-order valence-electron chi connectivity index (χ4n) is 2.94. The summed E-state index contributed by atoms with van der Waals surface area (Å²) < 4.78 is 4.13. The van der Waals surface area contributed by atoms with E-state index in [0.717, 1.165) is 30.7 Å². The van der Waals surface area contributed by atoms with Crippen LogP contribution in [0.25, 0.3) is 11.4 Å². The number of aromatic nitrogens is 3. The largest absolute Gasteiger partial charge is 0.325 e. The van der Waals surface area contributed by atoms with Crippen molar-refractivity contribution < 1.29 is 4.79 Å². The van der Waals surface area contributed by atoms with Crippen molar-refractivity contribution in [3.8, 4) is 11.4 Å². The van der Waals surface area contributed by atoms with Gasteiger partial charge in [0.15, 0.2) is 11.0 Å². The van der Waals surface area contributed by atoms with Gasteiger partial charge in [0.2, 0.25) is 5.91 Å². The number of halogens is 2. The highest BCUT2D eigenvalue weighted by Crippen LogP contribution is 2.28. The Labute approximate surface area is 203 Å². The lowest BCUT2D eigenvalue weighted by atomic mass is 10.0. The molecule has 0 unspecified atom stereocenters. The van der Waals surface area contributed by atoms with Gasteiger partial charge in [-0.2, -0.15) is 0 Å². The van der Waals surface area contributed by atoms with Crippen molar-refractivity contribution >= 4 is 61.9 Å². The number of carbonyl (C=O) groups excluding carboxylic acids is 1. The SMILES string of the molecule is C=CCn1c(SCC(=O)Nc2ccc(I)cc2C(C)C)nnc1-c1ccc(Br)cc1. The third-order valence-corrected chi connectivity index (χ3v) is 6.54. The Kier molecular flexibility index (Phi) is 8.13. The second kappa shape index (κ2) is 10.6. The summed E-state index contributed by atoms with van der Waals surface area (Å²) in [5, 5.41) is 12.4. The number of rotatable bonds is 8. The van der Waals surface area contributed by atoms with Crippen LogP contribution in [-0.4, -0.2) is 26.4 Å². The molecule has 8 heteroatoms. The Morgan fingerprint density at radius 2 is 2.00 bits per heavy atom. The first kappa shape index (κ1) is 23.0. The number of nitrogens with zero attached hydrogens (tertiary/aromatic N) is 3. The van der Waals surface area contributed by atoms with Crippen LogP contribution in [0.3, 0.4) is 0 Å². The molecule has 0 aliphatic carbocycles. The molecule has 0 spiro atoms. The van der Waals surface area contributed by atoms with Crippen molar-refractivity contribution in [2.75, 3.05) is 11.1 Å². The predicted octanol–water partition coefficient (Wildman–Crippen LogP) is 6.35. The van der Waals surface area contributed by atoms with E-state index in [0.29, 0.717) is 17.6 Å². The summed E-state index contributed by atoms with van der Waals surface area (Å²) in [6.07, 6.45) is 1.80. The molecule has 1 heterocycles. The number of amides is 1. The molecule has 1 N–H and O–H groups in total. The summed E-state index contributed by atoms with van der Waals surface area (Å²) in [5.41, 5.74) is 2.95. The van der Waals surface area contributed by atoms with E-state index in [2.05, 4.69) is 80.5 Å². The number of allylic oxidation sites excluding steroid dienone is 1. The van der Waals surface area contributed by atoms with E-state index in [9.17, 15) is 4.79 Å². The van der Waals surface area contributed by atoms with E-state index in [1.807, 2.05) is 41.0 Å². The molecule has 156 valence electrons. The van der Waals surface area contributed by atoms with Gasteiger partial charge in [-0.15, -0.1) is 16.8 Å². The minimum Gasteiger partial charge on any atom is -0.325 e. The van der Waals surface area contributed by atoms with Crippen molar-refractivity contribution in [2.45, 2.75) is 31.5 Å². The Hall–Kier alpha value is -1.65. The van der Waals surface area contributed by atoms with Gasteiger partial charge in [-0.05, 0) is 64.4 Å². The smallest absolute Gasteiger partial charge is 0.234 e. The lowest BCUT2D eigenvalue weighted by Crippen LogP contribution is -2.16. The minimum atomic E-state index is -0.0681. The van der Waals surface area contributed by atoms with Gasteiger partial charge in [-0.25, -0.2) is 0 Å². The minimum absolute atomic E-state index is 0.0681. The van der Waals surface area contributed by atoms with Crippen LogP contribution in [0.2, 0.25) is 0 Å². The quantitative estimate of drug-likeness (QED) is 0.187. The number of hydrogen-bond donors (Lipinski definition) is 1. The Morgan fingerprint density at radius 3 is 2.67 bits per heavy atom. The molecule has 5 nitrogen and oxygen atoms in total. The lowest BCUT2D eigenvalue weighted by molar-refractivity contribution is -0.113. The average Bonchev–Trinajstić information content (AvgIpc) is 3.11. The van der Waals surface area contributed by atoms with Gasteiger partial charge >= 0.3 is 0 Å². The number of benzene rings is 2. The highest BCUT2D eigenvalue weighted by atomic mass is 127. The van der Waals surface area contributed by atoms with E-state index in [1.54, 1.807) is 6.08 Å². The van der Waals surface area contributed by atoms with Gasteiger partial charge in [0.25, 0.3) is 0 Å². The van der Waals surface area contributed by atoms with E-state index in [-0.39, 0.29) is 11.7 Å². The molecule has 0 saturated carbocycles. The van der Waals surface area contributed by atoms with E-state index in [4.69, 9.17) is 0 Å². The number of carbonyl (C=O) groups is 1. The van der Waals surface area contributed by atoms with Crippen molar-refractivity contribution in [3.05, 3.63) is 68.7 Å². The number of nitrogens with one attached hydrogen (secondary N) is 1. The summed E-state index contributed by atoms with van der Waals surface area (Å²) >= 11 is 7.11. The van der Waals surface area contributed by atoms with Crippen LogP contribution in [0.15, 0.2) is 64.7 Å². The number of anilines is 1. The Balaban J connectivity index is 1.73. The first-order chi connectivity index (χ1) is 14.4. The highest BCUT2D eigenvalue weighted by Gasteiger charge is 2.16. The molecule has 1 amide bonds. The fraction of sp³-hybridized carbons (Fsp3) is 0.227. The highest BCUT2D eigenvalue weighted by molar-refractivity contribution is 14.1.